The standard InChI is InChI=1S/C69H118O6/c1-4-7-10-13-16-19-22-25-28-31-32-33-34-35-36-39-41-44-47-50-53-56-59-62-68(71)74-65-66(75-69(72)63-60-57-54-51-48-45-42-38-30-27-24-21-18-15-12-9-6-3)64-73-67(70)61-58-55-52-49-46-43-40-37-29-26-23-20-17-14-11-8-5-2/h8-9,11-12,17-18,20-21,26-27,29-30,42,45,51,54,66H,4-7,10,13-16,19,22-25,28,31-41,43-44,46-50,52-53,55-65H2,1-3H3/b11-8-,12-9-,20-17-,21-18-,29-26-,30-27-,45-42-,54-51-. The van der Waals surface area contributed by atoms with Gasteiger partial charge in [0.15, 0.2) is 6.10 Å². The highest BCUT2D eigenvalue weighted by Gasteiger charge is 2.19. The second-order valence-corrected chi connectivity index (χ2v) is 20.9. The van der Waals surface area contributed by atoms with Crippen molar-refractivity contribution < 1.29 is 28.6 Å². The van der Waals surface area contributed by atoms with E-state index in [9.17, 15) is 14.4 Å². The van der Waals surface area contributed by atoms with E-state index in [4.69, 9.17) is 14.2 Å². The number of hydrogen-bond acceptors (Lipinski definition) is 6. The fourth-order valence-corrected chi connectivity index (χ4v) is 8.91. The molecule has 0 aromatic rings. The van der Waals surface area contributed by atoms with Gasteiger partial charge in [0.2, 0.25) is 0 Å². The molecule has 0 saturated heterocycles. The van der Waals surface area contributed by atoms with Crippen LogP contribution in [0.4, 0.5) is 0 Å². The Bertz CT molecular complexity index is 1480. The fourth-order valence-electron chi connectivity index (χ4n) is 8.91. The first-order valence-electron chi connectivity index (χ1n) is 31.7. The first kappa shape index (κ1) is 71.3. The van der Waals surface area contributed by atoms with Crippen LogP contribution in [0.1, 0.15) is 303 Å². The van der Waals surface area contributed by atoms with Crippen LogP contribution in [0.15, 0.2) is 97.2 Å². The highest BCUT2D eigenvalue weighted by Crippen LogP contribution is 2.17. The molecule has 0 spiro atoms. The molecule has 0 fully saturated rings. The van der Waals surface area contributed by atoms with Crippen LogP contribution in [0.2, 0.25) is 0 Å². The molecule has 0 bridgehead atoms. The van der Waals surface area contributed by atoms with E-state index in [0.717, 1.165) is 103 Å². The van der Waals surface area contributed by atoms with Crippen LogP contribution in [0.3, 0.4) is 0 Å². The zero-order valence-corrected chi connectivity index (χ0v) is 49.3. The second kappa shape index (κ2) is 62.9. The Balaban J connectivity index is 4.40. The van der Waals surface area contributed by atoms with E-state index in [1.807, 2.05) is 0 Å². The molecule has 0 aliphatic rings. The maximum atomic E-state index is 12.9. The number of carbonyl (C=O) groups is 3. The van der Waals surface area contributed by atoms with Crippen molar-refractivity contribution in [3.8, 4) is 0 Å². The van der Waals surface area contributed by atoms with Crippen molar-refractivity contribution in [1.82, 2.24) is 0 Å². The van der Waals surface area contributed by atoms with Gasteiger partial charge in [0.05, 0.1) is 0 Å². The lowest BCUT2D eigenvalue weighted by Crippen LogP contribution is -2.30. The summed E-state index contributed by atoms with van der Waals surface area (Å²) in [7, 11) is 0. The summed E-state index contributed by atoms with van der Waals surface area (Å²) in [6.07, 6.45) is 84.2. The maximum Gasteiger partial charge on any atom is 0.306 e. The smallest absolute Gasteiger partial charge is 0.306 e. The Hall–Kier alpha value is -3.67. The molecule has 0 aromatic carbocycles. The number of carbonyl (C=O) groups excluding carboxylic acids is 3. The van der Waals surface area contributed by atoms with Gasteiger partial charge in [-0.3, -0.25) is 14.4 Å². The molecule has 0 aliphatic carbocycles. The average molecular weight is 1040 g/mol. The number of allylic oxidation sites excluding steroid dienone is 16. The lowest BCUT2D eigenvalue weighted by Gasteiger charge is -2.18. The van der Waals surface area contributed by atoms with Crippen molar-refractivity contribution in [2.75, 3.05) is 13.2 Å². The van der Waals surface area contributed by atoms with Crippen LogP contribution in [-0.2, 0) is 28.6 Å². The Morgan fingerprint density at radius 2 is 0.533 bits per heavy atom. The van der Waals surface area contributed by atoms with Crippen molar-refractivity contribution >= 4 is 17.9 Å². The summed E-state index contributed by atoms with van der Waals surface area (Å²) in [6, 6.07) is 0. The molecule has 0 N–H and O–H groups in total. The largest absolute Gasteiger partial charge is 0.462 e. The average Bonchev–Trinajstić information content (AvgIpc) is 3.41. The monoisotopic (exact) mass is 1040 g/mol. The fraction of sp³-hybridized carbons (Fsp3) is 0.725. The van der Waals surface area contributed by atoms with Crippen molar-refractivity contribution in [2.45, 2.75) is 309 Å². The molecule has 6 nitrogen and oxygen atoms in total. The van der Waals surface area contributed by atoms with Gasteiger partial charge < -0.3 is 14.2 Å². The van der Waals surface area contributed by atoms with Crippen LogP contribution in [0, 0.1) is 0 Å². The molecule has 0 radical (unpaired) electrons. The van der Waals surface area contributed by atoms with Crippen LogP contribution in [0.5, 0.6) is 0 Å². The van der Waals surface area contributed by atoms with Gasteiger partial charge in [-0.25, -0.2) is 0 Å². The van der Waals surface area contributed by atoms with Gasteiger partial charge in [0, 0.05) is 19.3 Å². The van der Waals surface area contributed by atoms with Crippen molar-refractivity contribution in [3.63, 3.8) is 0 Å². The molecule has 75 heavy (non-hydrogen) atoms. The van der Waals surface area contributed by atoms with E-state index in [1.54, 1.807) is 0 Å². The van der Waals surface area contributed by atoms with Gasteiger partial charge in [-0.05, 0) is 89.9 Å². The third-order valence-corrected chi connectivity index (χ3v) is 13.6. The van der Waals surface area contributed by atoms with Crippen molar-refractivity contribution in [2.24, 2.45) is 0 Å². The highest BCUT2D eigenvalue weighted by atomic mass is 16.6. The van der Waals surface area contributed by atoms with Crippen molar-refractivity contribution in [1.29, 1.82) is 0 Å². The summed E-state index contributed by atoms with van der Waals surface area (Å²) in [4.78, 5) is 38.3. The first-order chi connectivity index (χ1) is 37.0. The predicted octanol–water partition coefficient (Wildman–Crippen LogP) is 21.7. The molecule has 0 rings (SSSR count). The molecule has 1 atom stereocenters. The maximum absolute atomic E-state index is 12.9. The Morgan fingerprint density at radius 3 is 0.853 bits per heavy atom. The lowest BCUT2D eigenvalue weighted by atomic mass is 10.0. The van der Waals surface area contributed by atoms with Gasteiger partial charge in [-0.2, -0.15) is 0 Å². The number of rotatable bonds is 57. The molecular formula is C69H118O6. The van der Waals surface area contributed by atoms with Crippen LogP contribution < -0.4 is 0 Å². The SMILES string of the molecule is CC/C=C\C/C=C\C/C=C\C/C=C\C/C=C\CCCC(=O)OC(COC(=O)CCCCCCCCC/C=C\C/C=C\C/C=C\CC)COC(=O)CCCCCCCCCCCCCCCCCCCCCCCCC. The zero-order chi connectivity index (χ0) is 54.3. The van der Waals surface area contributed by atoms with Gasteiger partial charge in [-0.15, -0.1) is 0 Å². The van der Waals surface area contributed by atoms with E-state index in [2.05, 4.69) is 118 Å². The van der Waals surface area contributed by atoms with Gasteiger partial charge >= 0.3 is 17.9 Å². The topological polar surface area (TPSA) is 78.9 Å². The molecule has 1 unspecified atom stereocenters. The van der Waals surface area contributed by atoms with Crippen molar-refractivity contribution in [3.05, 3.63) is 97.2 Å². The van der Waals surface area contributed by atoms with Gasteiger partial charge in [0.25, 0.3) is 0 Å². The minimum Gasteiger partial charge on any atom is -0.462 e. The molecule has 6 heteroatoms. The van der Waals surface area contributed by atoms with E-state index >= 15 is 0 Å². The summed E-state index contributed by atoms with van der Waals surface area (Å²) in [5, 5.41) is 0. The first-order valence-corrected chi connectivity index (χ1v) is 31.7. The lowest BCUT2D eigenvalue weighted by molar-refractivity contribution is -0.167. The number of hydrogen-bond donors (Lipinski definition) is 0. The molecule has 0 amide bonds. The number of esters is 3. The molecule has 0 aromatic heterocycles. The number of ether oxygens (including phenoxy) is 3. The normalized spacial score (nSPS) is 12.7. The minimum atomic E-state index is -0.812. The van der Waals surface area contributed by atoms with Crippen LogP contribution >= 0.6 is 0 Å². The Morgan fingerprint density at radius 1 is 0.280 bits per heavy atom. The summed E-state index contributed by atoms with van der Waals surface area (Å²) >= 11 is 0. The summed E-state index contributed by atoms with van der Waals surface area (Å²) in [6.45, 7) is 6.39. The molecule has 0 heterocycles. The second-order valence-electron chi connectivity index (χ2n) is 20.9. The molecule has 0 saturated carbocycles. The van der Waals surface area contributed by atoms with E-state index < -0.39 is 6.10 Å². The quantitative estimate of drug-likeness (QED) is 0.0261. The van der Waals surface area contributed by atoms with Gasteiger partial charge in [-0.1, -0.05) is 291 Å². The van der Waals surface area contributed by atoms with E-state index in [1.165, 1.54) is 154 Å². The third kappa shape index (κ3) is 61.1. The summed E-state index contributed by atoms with van der Waals surface area (Å²) in [5.41, 5.74) is 0. The summed E-state index contributed by atoms with van der Waals surface area (Å²) < 4.78 is 16.9. The predicted molar refractivity (Wildman–Crippen MR) is 325 cm³/mol. The number of unbranched alkanes of at least 4 members (excludes halogenated alkanes) is 30. The van der Waals surface area contributed by atoms with E-state index in [0.29, 0.717) is 19.3 Å². The van der Waals surface area contributed by atoms with Crippen LogP contribution in [-0.4, -0.2) is 37.2 Å². The summed E-state index contributed by atoms with van der Waals surface area (Å²) in [5.74, 6) is -0.960. The molecular weight excluding hydrogens is 925 g/mol. The Labute approximate surface area is 464 Å². The third-order valence-electron chi connectivity index (χ3n) is 13.6. The van der Waals surface area contributed by atoms with Crippen LogP contribution in [0.25, 0.3) is 0 Å². The molecule has 0 aliphatic heterocycles. The zero-order valence-electron chi connectivity index (χ0n) is 49.3. The Kier molecular flexibility index (Phi) is 59.8. The van der Waals surface area contributed by atoms with E-state index in [-0.39, 0.29) is 37.5 Å². The highest BCUT2D eigenvalue weighted by molar-refractivity contribution is 5.71. The van der Waals surface area contributed by atoms with Gasteiger partial charge in [0.1, 0.15) is 13.2 Å². The minimum absolute atomic E-state index is 0.101. The molecule has 430 valence electrons.